The summed E-state index contributed by atoms with van der Waals surface area (Å²) in [4.78, 5) is 25.8. The Bertz CT molecular complexity index is 825. The van der Waals surface area contributed by atoms with Gasteiger partial charge in [-0.05, 0) is 54.7 Å². The first kappa shape index (κ1) is 19.5. The van der Waals surface area contributed by atoms with Crippen molar-refractivity contribution >= 4 is 29.3 Å². The van der Waals surface area contributed by atoms with Gasteiger partial charge in [0.2, 0.25) is 0 Å². The summed E-state index contributed by atoms with van der Waals surface area (Å²) >= 11 is 1.76. The second-order valence-corrected chi connectivity index (χ2v) is 9.71. The largest absolute Gasteiger partial charge is 0.341 e. The third-order valence-corrected chi connectivity index (χ3v) is 5.54. The van der Waals surface area contributed by atoms with Gasteiger partial charge in [0.1, 0.15) is 0 Å². The lowest BCUT2D eigenvalue weighted by Gasteiger charge is -2.26. The molecule has 0 aromatic heterocycles. The molecule has 2 amide bonds. The molecule has 142 valence electrons. The summed E-state index contributed by atoms with van der Waals surface area (Å²) in [6, 6.07) is 15.6. The first-order valence-electron chi connectivity index (χ1n) is 9.30. The molecule has 0 saturated carbocycles. The van der Waals surface area contributed by atoms with E-state index < -0.39 is 11.8 Å². The van der Waals surface area contributed by atoms with Crippen LogP contribution in [0.1, 0.15) is 50.8 Å². The van der Waals surface area contributed by atoms with E-state index in [1.54, 1.807) is 11.8 Å². The molecule has 2 aromatic carbocycles. The molecule has 0 bridgehead atoms. The first-order valence-corrected chi connectivity index (χ1v) is 10.1. The van der Waals surface area contributed by atoms with Gasteiger partial charge in [-0.15, -0.1) is 11.8 Å². The van der Waals surface area contributed by atoms with Crippen molar-refractivity contribution in [2.24, 2.45) is 0 Å². The SMILES string of the molecule is CC(C)(C)Sc1ccc(NC(=O)C(=O)NC2CCCc3ccccc32)cc1. The maximum Gasteiger partial charge on any atom is 0.313 e. The zero-order valence-corrected chi connectivity index (χ0v) is 16.9. The van der Waals surface area contributed by atoms with E-state index >= 15 is 0 Å². The molecule has 0 radical (unpaired) electrons. The minimum atomic E-state index is -0.630. The number of aryl methyl sites for hydroxylation is 1. The minimum absolute atomic E-state index is 0.0984. The molecule has 0 aliphatic heterocycles. The summed E-state index contributed by atoms with van der Waals surface area (Å²) in [5, 5.41) is 5.57. The van der Waals surface area contributed by atoms with Gasteiger partial charge in [-0.1, -0.05) is 45.0 Å². The van der Waals surface area contributed by atoms with Crippen molar-refractivity contribution in [1.82, 2.24) is 5.32 Å². The molecular formula is C22H26N2O2S. The number of hydrogen-bond donors (Lipinski definition) is 2. The van der Waals surface area contributed by atoms with Crippen LogP contribution >= 0.6 is 11.8 Å². The third kappa shape index (κ3) is 5.36. The fourth-order valence-corrected chi connectivity index (χ4v) is 4.25. The fraction of sp³-hybridized carbons (Fsp3) is 0.364. The number of fused-ring (bicyclic) bond motifs is 1. The molecule has 0 heterocycles. The molecule has 0 fully saturated rings. The van der Waals surface area contributed by atoms with Gasteiger partial charge >= 0.3 is 11.8 Å². The fourth-order valence-electron chi connectivity index (χ4n) is 3.28. The number of hydrogen-bond acceptors (Lipinski definition) is 3. The maximum absolute atomic E-state index is 12.4. The van der Waals surface area contributed by atoms with Crippen LogP contribution in [0.5, 0.6) is 0 Å². The van der Waals surface area contributed by atoms with E-state index in [1.807, 2.05) is 42.5 Å². The number of carbonyl (C=O) groups excluding carboxylic acids is 2. The Balaban J connectivity index is 1.59. The molecule has 1 aliphatic rings. The van der Waals surface area contributed by atoms with Crippen molar-refractivity contribution in [3.8, 4) is 0 Å². The van der Waals surface area contributed by atoms with Crippen LogP contribution in [0.15, 0.2) is 53.4 Å². The Kier molecular flexibility index (Phi) is 5.90. The van der Waals surface area contributed by atoms with Gasteiger partial charge in [-0.3, -0.25) is 9.59 Å². The smallest absolute Gasteiger partial charge is 0.313 e. The van der Waals surface area contributed by atoms with Gasteiger partial charge in [0.05, 0.1) is 6.04 Å². The summed E-state index contributed by atoms with van der Waals surface area (Å²) in [6.07, 6.45) is 2.89. The van der Waals surface area contributed by atoms with Gasteiger partial charge in [-0.2, -0.15) is 0 Å². The van der Waals surface area contributed by atoms with E-state index in [1.165, 1.54) is 5.56 Å². The Hall–Kier alpha value is -2.27. The van der Waals surface area contributed by atoms with Crippen molar-refractivity contribution in [2.45, 2.75) is 55.7 Å². The van der Waals surface area contributed by atoms with Crippen molar-refractivity contribution in [3.05, 3.63) is 59.7 Å². The van der Waals surface area contributed by atoms with Crippen molar-refractivity contribution in [2.75, 3.05) is 5.32 Å². The van der Waals surface area contributed by atoms with Crippen LogP contribution in [-0.2, 0) is 16.0 Å². The Morgan fingerprint density at radius 3 is 2.41 bits per heavy atom. The maximum atomic E-state index is 12.4. The molecular weight excluding hydrogens is 356 g/mol. The van der Waals surface area contributed by atoms with Crippen molar-refractivity contribution < 1.29 is 9.59 Å². The monoisotopic (exact) mass is 382 g/mol. The minimum Gasteiger partial charge on any atom is -0.341 e. The van der Waals surface area contributed by atoms with Crippen molar-refractivity contribution in [1.29, 1.82) is 0 Å². The van der Waals surface area contributed by atoms with Crippen LogP contribution in [0.3, 0.4) is 0 Å². The highest BCUT2D eigenvalue weighted by Gasteiger charge is 2.24. The molecule has 2 N–H and O–H groups in total. The van der Waals surface area contributed by atoms with Gasteiger partial charge in [0, 0.05) is 15.3 Å². The van der Waals surface area contributed by atoms with E-state index in [0.29, 0.717) is 5.69 Å². The number of carbonyl (C=O) groups is 2. The molecule has 27 heavy (non-hydrogen) atoms. The van der Waals surface area contributed by atoms with Crippen LogP contribution in [0.4, 0.5) is 5.69 Å². The number of nitrogens with one attached hydrogen (secondary N) is 2. The van der Waals surface area contributed by atoms with Crippen LogP contribution in [0.25, 0.3) is 0 Å². The Morgan fingerprint density at radius 1 is 1.00 bits per heavy atom. The molecule has 5 heteroatoms. The highest BCUT2D eigenvalue weighted by molar-refractivity contribution is 8.00. The number of anilines is 1. The molecule has 1 aliphatic carbocycles. The third-order valence-electron chi connectivity index (χ3n) is 4.42. The van der Waals surface area contributed by atoms with E-state index in [0.717, 1.165) is 29.7 Å². The number of benzene rings is 2. The number of rotatable bonds is 3. The van der Waals surface area contributed by atoms with Gasteiger partial charge in [-0.25, -0.2) is 0 Å². The molecule has 2 aromatic rings. The van der Waals surface area contributed by atoms with E-state index in [9.17, 15) is 9.59 Å². The topological polar surface area (TPSA) is 58.2 Å². The molecule has 1 atom stereocenters. The second-order valence-electron chi connectivity index (χ2n) is 7.81. The number of amides is 2. The lowest BCUT2D eigenvalue weighted by molar-refractivity contribution is -0.136. The summed E-state index contributed by atoms with van der Waals surface area (Å²) in [7, 11) is 0. The highest BCUT2D eigenvalue weighted by atomic mass is 32.2. The molecule has 0 spiro atoms. The predicted octanol–water partition coefficient (Wildman–Crippen LogP) is 4.71. The van der Waals surface area contributed by atoms with Crippen LogP contribution in [-0.4, -0.2) is 16.6 Å². The average Bonchev–Trinajstić information content (AvgIpc) is 2.62. The van der Waals surface area contributed by atoms with Crippen LogP contribution in [0.2, 0.25) is 0 Å². The quantitative estimate of drug-likeness (QED) is 0.597. The number of thioether (sulfide) groups is 1. The molecule has 0 saturated heterocycles. The summed E-state index contributed by atoms with van der Waals surface area (Å²) < 4.78 is 0.126. The van der Waals surface area contributed by atoms with E-state index in [-0.39, 0.29) is 10.8 Å². The lowest BCUT2D eigenvalue weighted by Crippen LogP contribution is -2.38. The van der Waals surface area contributed by atoms with Crippen LogP contribution in [0, 0.1) is 0 Å². The lowest BCUT2D eigenvalue weighted by atomic mass is 9.88. The average molecular weight is 383 g/mol. The molecule has 1 unspecified atom stereocenters. The summed E-state index contributed by atoms with van der Waals surface area (Å²) in [5.41, 5.74) is 2.99. The van der Waals surface area contributed by atoms with Gasteiger partial charge < -0.3 is 10.6 Å². The van der Waals surface area contributed by atoms with Gasteiger partial charge in [0.15, 0.2) is 0 Å². The van der Waals surface area contributed by atoms with Crippen LogP contribution < -0.4 is 10.6 Å². The first-order chi connectivity index (χ1) is 12.8. The second kappa shape index (κ2) is 8.17. The van der Waals surface area contributed by atoms with Crippen molar-refractivity contribution in [3.63, 3.8) is 0 Å². The zero-order chi connectivity index (χ0) is 19.4. The molecule has 3 rings (SSSR count). The Morgan fingerprint density at radius 2 is 1.70 bits per heavy atom. The van der Waals surface area contributed by atoms with Gasteiger partial charge in [0.25, 0.3) is 0 Å². The van der Waals surface area contributed by atoms with E-state index in [2.05, 4.69) is 37.5 Å². The molecule has 4 nitrogen and oxygen atoms in total. The summed E-state index contributed by atoms with van der Waals surface area (Å²) in [6.45, 7) is 6.46. The predicted molar refractivity (Wildman–Crippen MR) is 111 cm³/mol. The standard InChI is InChI=1S/C22H26N2O2S/c1-22(2,3)27-17-13-11-16(12-14-17)23-20(25)21(26)24-19-10-6-8-15-7-4-5-9-18(15)19/h4-5,7,9,11-14,19H,6,8,10H2,1-3H3,(H,23,25)(H,24,26). The van der Waals surface area contributed by atoms with E-state index in [4.69, 9.17) is 0 Å². The highest BCUT2D eigenvalue weighted by Crippen LogP contribution is 2.32. The summed E-state index contributed by atoms with van der Waals surface area (Å²) in [5.74, 6) is -1.22. The normalized spacial score (nSPS) is 16.3. The Labute approximate surface area is 165 Å². The zero-order valence-electron chi connectivity index (χ0n) is 16.0.